The number of pyridine rings is 1. The lowest BCUT2D eigenvalue weighted by atomic mass is 10.0. The number of nitrogens with zero attached hydrogens (tertiary/aromatic N) is 1. The van der Waals surface area contributed by atoms with Crippen molar-refractivity contribution in [1.29, 1.82) is 0 Å². The Hall–Kier alpha value is -2.03. The van der Waals surface area contributed by atoms with Crippen LogP contribution in [0.4, 0.5) is 5.69 Å². The first-order valence-corrected chi connectivity index (χ1v) is 4.69. The van der Waals surface area contributed by atoms with Crippen LogP contribution in [0.15, 0.2) is 36.5 Å². The van der Waals surface area contributed by atoms with Crippen molar-refractivity contribution in [3.05, 3.63) is 42.1 Å². The Bertz CT molecular complexity index is 495. The number of hydrogen-bond acceptors (Lipinski definition) is 3. The molecule has 0 unspecified atom stereocenters. The summed E-state index contributed by atoms with van der Waals surface area (Å²) >= 11 is 0. The molecule has 2 aromatic rings. The number of phenols is 1. The molecule has 0 fully saturated rings. The molecule has 0 aliphatic carbocycles. The number of nitrogen functional groups attached to an aromatic ring is 1. The number of aryl methyl sites for hydroxylation is 1. The van der Waals surface area contributed by atoms with Gasteiger partial charge >= 0.3 is 0 Å². The minimum atomic E-state index is 0.255. The fourth-order valence-corrected chi connectivity index (χ4v) is 1.56. The van der Waals surface area contributed by atoms with Gasteiger partial charge in [-0.3, -0.25) is 4.98 Å². The van der Waals surface area contributed by atoms with Crippen molar-refractivity contribution < 1.29 is 5.11 Å². The van der Waals surface area contributed by atoms with Crippen molar-refractivity contribution in [2.24, 2.45) is 0 Å². The van der Waals surface area contributed by atoms with Crippen LogP contribution in [0.5, 0.6) is 5.75 Å². The molecule has 76 valence electrons. The van der Waals surface area contributed by atoms with Crippen molar-refractivity contribution in [3.8, 4) is 17.0 Å². The summed E-state index contributed by atoms with van der Waals surface area (Å²) in [5, 5.41) is 9.30. The minimum Gasteiger partial charge on any atom is -0.508 e. The monoisotopic (exact) mass is 200 g/mol. The zero-order valence-corrected chi connectivity index (χ0v) is 8.44. The van der Waals surface area contributed by atoms with Crippen LogP contribution in [0.2, 0.25) is 0 Å². The van der Waals surface area contributed by atoms with Gasteiger partial charge in [-0.2, -0.15) is 0 Å². The van der Waals surface area contributed by atoms with E-state index in [1.54, 1.807) is 24.4 Å². The quantitative estimate of drug-likeness (QED) is 0.742. The number of benzene rings is 1. The highest BCUT2D eigenvalue weighted by atomic mass is 16.3. The molecule has 0 spiro atoms. The highest BCUT2D eigenvalue weighted by Crippen LogP contribution is 2.28. The number of nitrogens with two attached hydrogens (primary N) is 1. The van der Waals surface area contributed by atoms with Gasteiger partial charge in [-0.05, 0) is 42.8 Å². The first-order valence-electron chi connectivity index (χ1n) is 4.69. The second-order valence-electron chi connectivity index (χ2n) is 3.44. The lowest BCUT2D eigenvalue weighted by molar-refractivity contribution is 0.475. The van der Waals surface area contributed by atoms with E-state index < -0.39 is 0 Å². The summed E-state index contributed by atoms with van der Waals surface area (Å²) in [6, 6.07) is 8.77. The van der Waals surface area contributed by atoms with Crippen molar-refractivity contribution in [2.75, 3.05) is 5.73 Å². The van der Waals surface area contributed by atoms with E-state index in [9.17, 15) is 5.11 Å². The maximum atomic E-state index is 9.30. The SMILES string of the molecule is Cc1cc(O)ccc1-c1ncccc1N. The first-order chi connectivity index (χ1) is 7.18. The molecule has 0 saturated heterocycles. The normalized spacial score (nSPS) is 10.2. The summed E-state index contributed by atoms with van der Waals surface area (Å²) in [6.45, 7) is 1.92. The third-order valence-corrected chi connectivity index (χ3v) is 2.30. The topological polar surface area (TPSA) is 59.1 Å². The predicted octanol–water partition coefficient (Wildman–Crippen LogP) is 2.34. The predicted molar refractivity (Wildman–Crippen MR) is 60.5 cm³/mol. The van der Waals surface area contributed by atoms with Gasteiger partial charge in [0.25, 0.3) is 0 Å². The van der Waals surface area contributed by atoms with Crippen LogP contribution >= 0.6 is 0 Å². The fourth-order valence-electron chi connectivity index (χ4n) is 1.56. The maximum absolute atomic E-state index is 9.30. The van der Waals surface area contributed by atoms with Gasteiger partial charge in [-0.15, -0.1) is 0 Å². The Labute approximate surface area is 88.2 Å². The Morgan fingerprint density at radius 1 is 1.27 bits per heavy atom. The molecule has 3 N–H and O–H groups in total. The first kappa shape index (κ1) is 9.52. The van der Waals surface area contributed by atoms with Gasteiger partial charge in [0.1, 0.15) is 5.75 Å². The molecule has 3 heteroatoms. The summed E-state index contributed by atoms with van der Waals surface area (Å²) < 4.78 is 0. The molecular weight excluding hydrogens is 188 g/mol. The van der Waals surface area contributed by atoms with Gasteiger partial charge in [0.05, 0.1) is 11.4 Å². The molecule has 0 radical (unpaired) electrons. The molecule has 2 rings (SSSR count). The Kier molecular flexibility index (Phi) is 2.29. The summed E-state index contributed by atoms with van der Waals surface area (Å²) in [5.74, 6) is 0.255. The molecule has 0 aliphatic heterocycles. The van der Waals surface area contributed by atoms with Gasteiger partial charge in [-0.25, -0.2) is 0 Å². The zero-order chi connectivity index (χ0) is 10.8. The molecule has 1 aromatic carbocycles. The number of anilines is 1. The minimum absolute atomic E-state index is 0.255. The number of hydrogen-bond donors (Lipinski definition) is 2. The lowest BCUT2D eigenvalue weighted by Gasteiger charge is -2.07. The number of phenolic OH excluding ortho intramolecular Hbond substituents is 1. The van der Waals surface area contributed by atoms with Crippen molar-refractivity contribution in [3.63, 3.8) is 0 Å². The molecule has 0 atom stereocenters. The summed E-state index contributed by atoms with van der Waals surface area (Å²) in [6.07, 6.45) is 1.71. The number of aromatic nitrogens is 1. The van der Waals surface area contributed by atoms with E-state index in [1.165, 1.54) is 0 Å². The second-order valence-corrected chi connectivity index (χ2v) is 3.44. The standard InChI is InChI=1S/C12H12N2O/c1-8-7-9(15)4-5-10(8)12-11(13)3-2-6-14-12/h2-7,15H,13H2,1H3. The van der Waals surface area contributed by atoms with Gasteiger partial charge in [-0.1, -0.05) is 0 Å². The third-order valence-electron chi connectivity index (χ3n) is 2.30. The molecule has 0 amide bonds. The smallest absolute Gasteiger partial charge is 0.115 e. The fraction of sp³-hybridized carbons (Fsp3) is 0.0833. The van der Waals surface area contributed by atoms with E-state index in [0.29, 0.717) is 5.69 Å². The van der Waals surface area contributed by atoms with E-state index in [2.05, 4.69) is 4.98 Å². The highest BCUT2D eigenvalue weighted by molar-refractivity contribution is 5.75. The summed E-state index contributed by atoms with van der Waals surface area (Å²) in [4.78, 5) is 4.23. The molecular formula is C12H12N2O. The molecule has 0 saturated carbocycles. The number of aromatic hydroxyl groups is 1. The largest absolute Gasteiger partial charge is 0.508 e. The van der Waals surface area contributed by atoms with Crippen molar-refractivity contribution in [1.82, 2.24) is 4.98 Å². The van der Waals surface area contributed by atoms with E-state index in [0.717, 1.165) is 16.8 Å². The van der Waals surface area contributed by atoms with Crippen LogP contribution in [0, 0.1) is 6.92 Å². The van der Waals surface area contributed by atoms with Crippen LogP contribution in [0.1, 0.15) is 5.56 Å². The van der Waals surface area contributed by atoms with Crippen LogP contribution in [-0.4, -0.2) is 10.1 Å². The van der Waals surface area contributed by atoms with Gasteiger partial charge in [0, 0.05) is 11.8 Å². The van der Waals surface area contributed by atoms with E-state index in [-0.39, 0.29) is 5.75 Å². The van der Waals surface area contributed by atoms with E-state index >= 15 is 0 Å². The van der Waals surface area contributed by atoms with Crippen molar-refractivity contribution in [2.45, 2.75) is 6.92 Å². The molecule has 0 aliphatic rings. The molecule has 15 heavy (non-hydrogen) atoms. The molecule has 3 nitrogen and oxygen atoms in total. The Morgan fingerprint density at radius 3 is 2.73 bits per heavy atom. The van der Waals surface area contributed by atoms with Crippen LogP contribution in [0.25, 0.3) is 11.3 Å². The van der Waals surface area contributed by atoms with Gasteiger partial charge < -0.3 is 10.8 Å². The van der Waals surface area contributed by atoms with Crippen molar-refractivity contribution >= 4 is 5.69 Å². The molecule has 1 heterocycles. The maximum Gasteiger partial charge on any atom is 0.115 e. The summed E-state index contributed by atoms with van der Waals surface area (Å²) in [7, 11) is 0. The second kappa shape index (κ2) is 3.61. The zero-order valence-electron chi connectivity index (χ0n) is 8.44. The van der Waals surface area contributed by atoms with Crippen LogP contribution in [-0.2, 0) is 0 Å². The Morgan fingerprint density at radius 2 is 2.07 bits per heavy atom. The average Bonchev–Trinajstić information content (AvgIpc) is 2.20. The molecule has 0 bridgehead atoms. The van der Waals surface area contributed by atoms with E-state index in [4.69, 9.17) is 5.73 Å². The van der Waals surface area contributed by atoms with Gasteiger partial charge in [0.15, 0.2) is 0 Å². The van der Waals surface area contributed by atoms with Crippen LogP contribution < -0.4 is 5.73 Å². The highest BCUT2D eigenvalue weighted by Gasteiger charge is 2.06. The Balaban J connectivity index is 2.60. The number of rotatable bonds is 1. The summed E-state index contributed by atoms with van der Waals surface area (Å²) in [5.41, 5.74) is 9.15. The molecule has 1 aromatic heterocycles. The average molecular weight is 200 g/mol. The van der Waals surface area contributed by atoms with Crippen LogP contribution in [0.3, 0.4) is 0 Å². The third kappa shape index (κ3) is 1.76. The lowest BCUT2D eigenvalue weighted by Crippen LogP contribution is -1.93. The van der Waals surface area contributed by atoms with E-state index in [1.807, 2.05) is 19.1 Å². The van der Waals surface area contributed by atoms with Gasteiger partial charge in [0.2, 0.25) is 0 Å².